The first kappa shape index (κ1) is 22.1. The Bertz CT molecular complexity index is 1540. The van der Waals surface area contributed by atoms with Crippen molar-refractivity contribution in [2.24, 2.45) is 0 Å². The summed E-state index contributed by atoms with van der Waals surface area (Å²) >= 11 is 0. The van der Waals surface area contributed by atoms with Crippen molar-refractivity contribution >= 4 is 10.9 Å². The van der Waals surface area contributed by atoms with Crippen LogP contribution in [0.3, 0.4) is 0 Å². The number of hydrogen-bond donors (Lipinski definition) is 1. The van der Waals surface area contributed by atoms with Gasteiger partial charge in [-0.2, -0.15) is 5.26 Å². The number of benzene rings is 2. The quantitative estimate of drug-likeness (QED) is 0.347. The van der Waals surface area contributed by atoms with Crippen LogP contribution in [0.25, 0.3) is 33.4 Å². The Kier molecular flexibility index (Phi) is 5.94. The van der Waals surface area contributed by atoms with Crippen molar-refractivity contribution in [3.05, 3.63) is 90.6 Å². The van der Waals surface area contributed by atoms with Crippen molar-refractivity contribution in [2.45, 2.75) is 25.5 Å². The van der Waals surface area contributed by atoms with Gasteiger partial charge in [0.2, 0.25) is 0 Å². The molecular formula is C29H25N5O2. The van der Waals surface area contributed by atoms with Crippen LogP contribution in [-0.4, -0.2) is 38.8 Å². The van der Waals surface area contributed by atoms with Crippen LogP contribution in [0.1, 0.15) is 24.0 Å². The summed E-state index contributed by atoms with van der Waals surface area (Å²) in [6.45, 7) is 2.15. The van der Waals surface area contributed by atoms with E-state index in [9.17, 15) is 5.26 Å². The minimum absolute atomic E-state index is 0.0787. The summed E-state index contributed by atoms with van der Waals surface area (Å²) in [7, 11) is 0. The SMILES string of the molecule is N#Cc1cc(-c2nccc3[nH]c(-c4cccc(Cn5ccnc5)c4)cc23)ccc1OC1CCOCC1. The predicted octanol–water partition coefficient (Wildman–Crippen LogP) is 5.57. The number of nitrogens with one attached hydrogen (secondary N) is 1. The Labute approximate surface area is 209 Å². The molecule has 1 aliphatic rings. The van der Waals surface area contributed by atoms with Crippen molar-refractivity contribution in [3.63, 3.8) is 0 Å². The molecule has 178 valence electrons. The molecule has 0 radical (unpaired) electrons. The van der Waals surface area contributed by atoms with E-state index in [2.05, 4.69) is 55.9 Å². The molecule has 6 rings (SSSR count). The summed E-state index contributed by atoms with van der Waals surface area (Å²) < 4.78 is 13.6. The molecule has 0 bridgehead atoms. The number of hydrogen-bond acceptors (Lipinski definition) is 5. The van der Waals surface area contributed by atoms with Gasteiger partial charge in [0.05, 0.1) is 30.8 Å². The van der Waals surface area contributed by atoms with Gasteiger partial charge in [0.25, 0.3) is 0 Å². The summed E-state index contributed by atoms with van der Waals surface area (Å²) in [5, 5.41) is 10.8. The summed E-state index contributed by atoms with van der Waals surface area (Å²) in [5.41, 5.74) is 6.55. The van der Waals surface area contributed by atoms with Gasteiger partial charge < -0.3 is 19.0 Å². The first-order valence-corrected chi connectivity index (χ1v) is 12.1. The highest BCUT2D eigenvalue weighted by atomic mass is 16.5. The van der Waals surface area contributed by atoms with Gasteiger partial charge >= 0.3 is 0 Å². The number of nitrogens with zero attached hydrogens (tertiary/aromatic N) is 4. The zero-order chi connectivity index (χ0) is 24.3. The number of H-pyrrole nitrogens is 1. The lowest BCUT2D eigenvalue weighted by molar-refractivity contribution is 0.0254. The van der Waals surface area contributed by atoms with Crippen LogP contribution in [0.15, 0.2) is 79.5 Å². The molecule has 7 heteroatoms. The van der Waals surface area contributed by atoms with E-state index in [0.29, 0.717) is 24.5 Å². The Morgan fingerprint density at radius 1 is 1.06 bits per heavy atom. The van der Waals surface area contributed by atoms with Crippen LogP contribution < -0.4 is 4.74 Å². The summed E-state index contributed by atoms with van der Waals surface area (Å²) in [6, 6.07) is 20.6. The smallest absolute Gasteiger partial charge is 0.137 e. The number of nitriles is 1. The van der Waals surface area contributed by atoms with Gasteiger partial charge in [0.1, 0.15) is 17.9 Å². The van der Waals surface area contributed by atoms with Gasteiger partial charge in [-0.1, -0.05) is 18.2 Å². The number of ether oxygens (including phenoxy) is 2. The van der Waals surface area contributed by atoms with Gasteiger partial charge in [0, 0.05) is 60.1 Å². The second kappa shape index (κ2) is 9.68. The van der Waals surface area contributed by atoms with Crippen molar-refractivity contribution in [3.8, 4) is 34.3 Å². The Hall–Kier alpha value is -4.41. The second-order valence-corrected chi connectivity index (χ2v) is 8.99. The number of aromatic nitrogens is 4. The highest BCUT2D eigenvalue weighted by Crippen LogP contribution is 2.33. The maximum absolute atomic E-state index is 9.82. The summed E-state index contributed by atoms with van der Waals surface area (Å²) in [6.07, 6.45) is 9.12. The number of aromatic amines is 1. The fourth-order valence-corrected chi connectivity index (χ4v) is 4.71. The van der Waals surface area contributed by atoms with E-state index in [1.807, 2.05) is 36.8 Å². The fourth-order valence-electron chi connectivity index (χ4n) is 4.71. The van der Waals surface area contributed by atoms with Crippen LogP contribution in [0.4, 0.5) is 0 Å². The van der Waals surface area contributed by atoms with E-state index < -0.39 is 0 Å². The first-order chi connectivity index (χ1) is 17.8. The van der Waals surface area contributed by atoms with Gasteiger partial charge in [-0.3, -0.25) is 4.98 Å². The molecule has 1 saturated heterocycles. The highest BCUT2D eigenvalue weighted by molar-refractivity contribution is 5.96. The summed E-state index contributed by atoms with van der Waals surface area (Å²) in [5.74, 6) is 0.616. The van der Waals surface area contributed by atoms with Crippen molar-refractivity contribution in [1.82, 2.24) is 19.5 Å². The van der Waals surface area contributed by atoms with Crippen LogP contribution in [-0.2, 0) is 11.3 Å². The third-order valence-corrected chi connectivity index (χ3v) is 6.55. The molecule has 0 amide bonds. The molecule has 36 heavy (non-hydrogen) atoms. The number of imidazole rings is 1. The zero-order valence-corrected chi connectivity index (χ0v) is 19.7. The normalized spacial score (nSPS) is 14.1. The van der Waals surface area contributed by atoms with Crippen molar-refractivity contribution in [1.29, 1.82) is 5.26 Å². The van der Waals surface area contributed by atoms with Gasteiger partial charge in [0.15, 0.2) is 0 Å². The van der Waals surface area contributed by atoms with E-state index in [1.54, 1.807) is 12.4 Å². The average molecular weight is 476 g/mol. The van der Waals surface area contributed by atoms with Crippen molar-refractivity contribution in [2.75, 3.05) is 13.2 Å². The topological polar surface area (TPSA) is 88.8 Å². The maximum Gasteiger partial charge on any atom is 0.137 e. The second-order valence-electron chi connectivity index (χ2n) is 8.99. The van der Waals surface area contributed by atoms with Crippen molar-refractivity contribution < 1.29 is 9.47 Å². The average Bonchev–Trinajstić information content (AvgIpc) is 3.60. The number of pyridine rings is 1. The molecule has 0 atom stereocenters. The number of fused-ring (bicyclic) bond motifs is 1. The predicted molar refractivity (Wildman–Crippen MR) is 137 cm³/mol. The first-order valence-electron chi connectivity index (χ1n) is 12.1. The molecule has 1 fully saturated rings. The van der Waals surface area contributed by atoms with E-state index in [4.69, 9.17) is 9.47 Å². The van der Waals surface area contributed by atoms with E-state index >= 15 is 0 Å². The molecule has 0 spiro atoms. The molecular weight excluding hydrogens is 450 g/mol. The minimum atomic E-state index is 0.0787. The lowest BCUT2D eigenvalue weighted by atomic mass is 10.0. The molecule has 0 saturated carbocycles. The van der Waals surface area contributed by atoms with Gasteiger partial charge in [-0.05, 0) is 47.5 Å². The Morgan fingerprint density at radius 3 is 2.81 bits per heavy atom. The van der Waals surface area contributed by atoms with Crippen LogP contribution in [0.5, 0.6) is 5.75 Å². The maximum atomic E-state index is 9.82. The molecule has 4 heterocycles. The molecule has 1 aliphatic heterocycles. The van der Waals surface area contributed by atoms with Gasteiger partial charge in [-0.25, -0.2) is 4.98 Å². The van der Waals surface area contributed by atoms with Crippen LogP contribution in [0, 0.1) is 11.3 Å². The van der Waals surface area contributed by atoms with Gasteiger partial charge in [-0.15, -0.1) is 0 Å². The molecule has 0 unspecified atom stereocenters. The third-order valence-electron chi connectivity index (χ3n) is 6.55. The molecule has 3 aromatic heterocycles. The lowest BCUT2D eigenvalue weighted by Crippen LogP contribution is -2.26. The van der Waals surface area contributed by atoms with E-state index in [1.165, 1.54) is 5.56 Å². The van der Waals surface area contributed by atoms with E-state index in [-0.39, 0.29) is 6.10 Å². The summed E-state index contributed by atoms with van der Waals surface area (Å²) in [4.78, 5) is 12.3. The lowest BCUT2D eigenvalue weighted by Gasteiger charge is -2.23. The van der Waals surface area contributed by atoms with Crippen LogP contribution in [0.2, 0.25) is 0 Å². The number of rotatable bonds is 6. The van der Waals surface area contributed by atoms with E-state index in [0.717, 1.165) is 52.8 Å². The highest BCUT2D eigenvalue weighted by Gasteiger charge is 2.18. The molecule has 2 aromatic carbocycles. The molecule has 5 aromatic rings. The molecule has 0 aliphatic carbocycles. The monoisotopic (exact) mass is 475 g/mol. The van der Waals surface area contributed by atoms with Crippen LogP contribution >= 0.6 is 0 Å². The fraction of sp³-hybridized carbons (Fsp3) is 0.207. The Balaban J connectivity index is 1.32. The molecule has 7 nitrogen and oxygen atoms in total. The molecule has 1 N–H and O–H groups in total. The minimum Gasteiger partial charge on any atom is -0.489 e. The zero-order valence-electron chi connectivity index (χ0n) is 19.7. The third kappa shape index (κ3) is 4.47. The standard InChI is InChI=1S/C29H25N5O2/c30-17-23-15-22(4-5-28(23)36-24-7-12-35-13-8-24)29-25-16-27(33-26(25)6-9-32-29)21-3-1-2-20(14-21)18-34-11-10-31-19-34/h1-6,9-11,14-16,19,24,33H,7-8,12-13,18H2. The Morgan fingerprint density at radius 2 is 1.97 bits per heavy atom. The largest absolute Gasteiger partial charge is 0.489 e.